The van der Waals surface area contributed by atoms with Crippen molar-refractivity contribution in [2.45, 2.75) is 20.8 Å². The van der Waals surface area contributed by atoms with Crippen LogP contribution in [0, 0.1) is 20.8 Å². The van der Waals surface area contributed by atoms with Gasteiger partial charge >= 0.3 is 0 Å². The third-order valence-electron chi connectivity index (χ3n) is 3.84. The predicted molar refractivity (Wildman–Crippen MR) is 91.9 cm³/mol. The zero-order valence-corrected chi connectivity index (χ0v) is 12.7. The number of aliphatic imine (C=N–C) groups is 1. The maximum absolute atomic E-state index is 4.73. The molecule has 0 atom stereocenters. The Morgan fingerprint density at radius 1 is 0.810 bits per heavy atom. The summed E-state index contributed by atoms with van der Waals surface area (Å²) in [6.45, 7) is 6.42. The first-order chi connectivity index (χ1) is 10.1. The molecule has 21 heavy (non-hydrogen) atoms. The van der Waals surface area contributed by atoms with Crippen molar-refractivity contribution in [1.82, 2.24) is 0 Å². The first-order valence-electron chi connectivity index (χ1n) is 7.25. The lowest BCUT2D eigenvalue weighted by Gasteiger charge is -2.07. The zero-order valence-electron chi connectivity index (χ0n) is 12.7. The van der Waals surface area contributed by atoms with E-state index >= 15 is 0 Å². The van der Waals surface area contributed by atoms with E-state index in [1.54, 1.807) is 0 Å². The second-order valence-electron chi connectivity index (χ2n) is 5.57. The van der Waals surface area contributed by atoms with Crippen LogP contribution in [-0.2, 0) is 0 Å². The largest absolute Gasteiger partial charge is 0.256 e. The average molecular weight is 273 g/mol. The topological polar surface area (TPSA) is 12.4 Å². The lowest BCUT2D eigenvalue weighted by atomic mass is 10.0. The van der Waals surface area contributed by atoms with Crippen molar-refractivity contribution in [3.05, 3.63) is 76.9 Å². The molecule has 0 aliphatic carbocycles. The summed E-state index contributed by atoms with van der Waals surface area (Å²) < 4.78 is 0. The highest BCUT2D eigenvalue weighted by molar-refractivity contribution is 5.95. The summed E-state index contributed by atoms with van der Waals surface area (Å²) in [4.78, 5) is 4.73. The van der Waals surface area contributed by atoms with Gasteiger partial charge in [-0.1, -0.05) is 54.1 Å². The first-order valence-corrected chi connectivity index (χ1v) is 7.25. The van der Waals surface area contributed by atoms with Crippen LogP contribution < -0.4 is 0 Å². The molecule has 0 unspecified atom stereocenters. The van der Waals surface area contributed by atoms with Gasteiger partial charge in [0.1, 0.15) is 0 Å². The summed E-state index contributed by atoms with van der Waals surface area (Å²) in [5.41, 5.74) is 6.08. The second-order valence-corrected chi connectivity index (χ2v) is 5.57. The van der Waals surface area contributed by atoms with Crippen LogP contribution in [0.5, 0.6) is 0 Å². The van der Waals surface area contributed by atoms with Crippen LogP contribution in [0.25, 0.3) is 10.8 Å². The number of hydrogen-bond acceptors (Lipinski definition) is 1. The summed E-state index contributed by atoms with van der Waals surface area (Å²) in [6, 6.07) is 19.0. The standard InChI is InChI=1S/C20H19N/c1-14-11-15(2)19(16(3)12-14)13-21-20-10-6-8-17-7-4-5-9-18(17)20/h4-13H,1-3H3. The van der Waals surface area contributed by atoms with Gasteiger partial charge in [-0.05, 0) is 48.9 Å². The van der Waals surface area contributed by atoms with Gasteiger partial charge in [0.25, 0.3) is 0 Å². The van der Waals surface area contributed by atoms with Gasteiger partial charge in [-0.25, -0.2) is 0 Å². The molecule has 0 saturated carbocycles. The molecule has 0 N–H and O–H groups in total. The highest BCUT2D eigenvalue weighted by Crippen LogP contribution is 2.26. The molecule has 0 heterocycles. The Kier molecular flexibility index (Phi) is 3.57. The minimum Gasteiger partial charge on any atom is -0.256 e. The van der Waals surface area contributed by atoms with Crippen LogP contribution in [0.4, 0.5) is 5.69 Å². The van der Waals surface area contributed by atoms with E-state index in [1.807, 2.05) is 6.21 Å². The van der Waals surface area contributed by atoms with Crippen LogP contribution in [0.3, 0.4) is 0 Å². The molecule has 0 amide bonds. The molecule has 1 heteroatoms. The summed E-state index contributed by atoms with van der Waals surface area (Å²) in [5.74, 6) is 0. The van der Waals surface area contributed by atoms with Crippen LogP contribution in [-0.4, -0.2) is 6.21 Å². The van der Waals surface area contributed by atoms with E-state index in [9.17, 15) is 0 Å². The van der Waals surface area contributed by atoms with Crippen molar-refractivity contribution in [3.63, 3.8) is 0 Å². The molecular formula is C20H19N. The molecule has 1 nitrogen and oxygen atoms in total. The van der Waals surface area contributed by atoms with Crippen LogP contribution in [0.1, 0.15) is 22.3 Å². The van der Waals surface area contributed by atoms with Crippen molar-refractivity contribution >= 4 is 22.7 Å². The van der Waals surface area contributed by atoms with E-state index in [0.717, 1.165) is 5.69 Å². The zero-order chi connectivity index (χ0) is 14.8. The van der Waals surface area contributed by atoms with E-state index in [0.29, 0.717) is 0 Å². The fourth-order valence-electron chi connectivity index (χ4n) is 2.85. The number of benzene rings is 3. The van der Waals surface area contributed by atoms with Gasteiger partial charge in [0.05, 0.1) is 5.69 Å². The molecule has 3 aromatic carbocycles. The number of aryl methyl sites for hydroxylation is 3. The Balaban J connectivity index is 2.07. The van der Waals surface area contributed by atoms with Crippen molar-refractivity contribution in [2.24, 2.45) is 4.99 Å². The molecule has 3 rings (SSSR count). The van der Waals surface area contributed by atoms with Gasteiger partial charge in [-0.3, -0.25) is 4.99 Å². The normalized spacial score (nSPS) is 11.4. The molecule has 0 saturated heterocycles. The van der Waals surface area contributed by atoms with Gasteiger partial charge in [0, 0.05) is 11.6 Å². The summed E-state index contributed by atoms with van der Waals surface area (Å²) in [5, 5.41) is 2.42. The fraction of sp³-hybridized carbons (Fsp3) is 0.150. The average Bonchev–Trinajstić information content (AvgIpc) is 2.46. The smallest absolute Gasteiger partial charge is 0.0708 e. The quantitative estimate of drug-likeness (QED) is 0.545. The molecule has 0 aliphatic heterocycles. The van der Waals surface area contributed by atoms with Crippen LogP contribution in [0.2, 0.25) is 0 Å². The van der Waals surface area contributed by atoms with E-state index < -0.39 is 0 Å². The lowest BCUT2D eigenvalue weighted by Crippen LogP contribution is -1.93. The molecule has 0 aliphatic rings. The van der Waals surface area contributed by atoms with Crippen molar-refractivity contribution < 1.29 is 0 Å². The summed E-state index contributed by atoms with van der Waals surface area (Å²) in [6.07, 6.45) is 1.99. The molecule has 0 radical (unpaired) electrons. The summed E-state index contributed by atoms with van der Waals surface area (Å²) >= 11 is 0. The van der Waals surface area contributed by atoms with Crippen LogP contribution in [0.15, 0.2) is 59.6 Å². The third-order valence-corrected chi connectivity index (χ3v) is 3.84. The molecule has 0 fully saturated rings. The lowest BCUT2D eigenvalue weighted by molar-refractivity contribution is 1.30. The Bertz CT molecular complexity index is 800. The van der Waals surface area contributed by atoms with E-state index in [4.69, 9.17) is 4.99 Å². The van der Waals surface area contributed by atoms with Gasteiger partial charge < -0.3 is 0 Å². The predicted octanol–water partition coefficient (Wildman–Crippen LogP) is 5.52. The number of hydrogen-bond donors (Lipinski definition) is 0. The van der Waals surface area contributed by atoms with Gasteiger partial charge in [-0.2, -0.15) is 0 Å². The van der Waals surface area contributed by atoms with Crippen molar-refractivity contribution in [3.8, 4) is 0 Å². The van der Waals surface area contributed by atoms with Gasteiger partial charge in [-0.15, -0.1) is 0 Å². The third kappa shape index (κ3) is 2.73. The Labute approximate surface area is 126 Å². The highest BCUT2D eigenvalue weighted by Gasteiger charge is 2.02. The highest BCUT2D eigenvalue weighted by atomic mass is 14.7. The minimum absolute atomic E-state index is 1.02. The fourth-order valence-corrected chi connectivity index (χ4v) is 2.85. The summed E-state index contributed by atoms with van der Waals surface area (Å²) in [7, 11) is 0. The number of fused-ring (bicyclic) bond motifs is 1. The van der Waals surface area contributed by atoms with Gasteiger partial charge in [0.15, 0.2) is 0 Å². The first kappa shape index (κ1) is 13.6. The number of rotatable bonds is 2. The van der Waals surface area contributed by atoms with Crippen molar-refractivity contribution in [1.29, 1.82) is 0 Å². The maximum atomic E-state index is 4.73. The monoisotopic (exact) mass is 273 g/mol. The number of nitrogens with zero attached hydrogens (tertiary/aromatic N) is 1. The SMILES string of the molecule is Cc1cc(C)c(C=Nc2cccc3ccccc23)c(C)c1. The molecule has 0 aromatic heterocycles. The molecular weight excluding hydrogens is 254 g/mol. The minimum atomic E-state index is 1.02. The Morgan fingerprint density at radius 3 is 2.24 bits per heavy atom. The molecule has 0 spiro atoms. The van der Waals surface area contributed by atoms with Crippen LogP contribution >= 0.6 is 0 Å². The Hall–Kier alpha value is -2.41. The Morgan fingerprint density at radius 2 is 1.48 bits per heavy atom. The van der Waals surface area contributed by atoms with E-state index in [1.165, 1.54) is 33.0 Å². The molecule has 0 bridgehead atoms. The molecule has 104 valence electrons. The van der Waals surface area contributed by atoms with E-state index in [2.05, 4.69) is 75.4 Å². The van der Waals surface area contributed by atoms with Gasteiger partial charge in [0.2, 0.25) is 0 Å². The molecule has 3 aromatic rings. The second kappa shape index (κ2) is 5.53. The van der Waals surface area contributed by atoms with Crippen molar-refractivity contribution in [2.75, 3.05) is 0 Å². The maximum Gasteiger partial charge on any atom is 0.0708 e. The van der Waals surface area contributed by atoms with E-state index in [-0.39, 0.29) is 0 Å².